The van der Waals surface area contributed by atoms with Crippen molar-refractivity contribution in [3.8, 4) is 0 Å². The van der Waals surface area contributed by atoms with Crippen molar-refractivity contribution in [2.24, 2.45) is 5.73 Å². The molecule has 2 atom stereocenters. The Hall–Kier alpha value is -2.20. The minimum Gasteiger partial charge on any atom is -0.328 e. The molecule has 1 aliphatic rings. The van der Waals surface area contributed by atoms with Crippen LogP contribution in [-0.4, -0.2) is 24.8 Å². The van der Waals surface area contributed by atoms with Crippen LogP contribution in [0.5, 0.6) is 0 Å². The van der Waals surface area contributed by atoms with E-state index in [4.69, 9.17) is 10.6 Å². The third-order valence-electron chi connectivity index (χ3n) is 5.40. The lowest BCUT2D eigenvalue weighted by Gasteiger charge is -2.22. The van der Waals surface area contributed by atoms with E-state index in [-0.39, 0.29) is 12.1 Å². The second-order valence-corrected chi connectivity index (χ2v) is 6.78. The summed E-state index contributed by atoms with van der Waals surface area (Å²) >= 11 is 0. The summed E-state index contributed by atoms with van der Waals surface area (Å²) in [7, 11) is 2.02. The molecule has 1 aliphatic heterocycles. The number of hydrogen-bond donors (Lipinski definition) is 1. The number of hydroxylamine groups is 2. The van der Waals surface area contributed by atoms with E-state index in [1.54, 1.807) is 0 Å². The van der Waals surface area contributed by atoms with Gasteiger partial charge in [-0.3, -0.25) is 4.84 Å². The first-order valence-corrected chi connectivity index (χ1v) is 8.52. The fourth-order valence-electron chi connectivity index (χ4n) is 4.28. The summed E-state index contributed by atoms with van der Waals surface area (Å²) in [5.41, 5.74) is 7.17. The van der Waals surface area contributed by atoms with Gasteiger partial charge in [0.1, 0.15) is 0 Å². The Balaban J connectivity index is 1.86. The van der Waals surface area contributed by atoms with Crippen LogP contribution in [-0.2, 0) is 4.84 Å². The number of benzene rings is 4. The molecule has 5 rings (SSSR count). The van der Waals surface area contributed by atoms with Gasteiger partial charge in [-0.2, -0.15) is 5.06 Å². The number of hydrogen-bond acceptors (Lipinski definition) is 3. The maximum absolute atomic E-state index is 5.90. The van der Waals surface area contributed by atoms with Crippen LogP contribution in [0.25, 0.3) is 32.3 Å². The van der Waals surface area contributed by atoms with Gasteiger partial charge in [0.2, 0.25) is 0 Å². The highest BCUT2D eigenvalue weighted by molar-refractivity contribution is 6.23. The summed E-state index contributed by atoms with van der Waals surface area (Å²) in [6, 6.07) is 20.2. The molecule has 0 aromatic heterocycles. The largest absolute Gasteiger partial charge is 0.328 e. The molecule has 1 heterocycles. The molecule has 4 aromatic rings. The van der Waals surface area contributed by atoms with Crippen LogP contribution in [0.2, 0.25) is 0 Å². The smallest absolute Gasteiger partial charge is 0.0934 e. The van der Waals surface area contributed by atoms with Crippen LogP contribution in [0.4, 0.5) is 0 Å². The van der Waals surface area contributed by atoms with E-state index in [1.807, 2.05) is 12.1 Å². The van der Waals surface area contributed by atoms with Gasteiger partial charge in [-0.25, -0.2) is 0 Å². The van der Waals surface area contributed by atoms with E-state index >= 15 is 0 Å². The molecular weight excluding hydrogens is 296 g/mol. The molecule has 24 heavy (non-hydrogen) atoms. The standard InChI is InChI=1S/C21H20N2O/c1-23-19(11-16(12-22)24-23)18-10-15-6-2-4-13-8-9-14-5-3-7-17(18)21(14)20(13)15/h2-10,16,19H,11-12,22H2,1H3/t16-,19+/m0/s1. The van der Waals surface area contributed by atoms with Crippen LogP contribution in [0.15, 0.2) is 54.6 Å². The molecular formula is C21H20N2O. The van der Waals surface area contributed by atoms with Crippen molar-refractivity contribution in [1.29, 1.82) is 0 Å². The van der Waals surface area contributed by atoms with Crippen LogP contribution in [0.1, 0.15) is 18.0 Å². The van der Waals surface area contributed by atoms with Gasteiger partial charge >= 0.3 is 0 Å². The zero-order chi connectivity index (χ0) is 16.3. The molecule has 0 bridgehead atoms. The summed E-state index contributed by atoms with van der Waals surface area (Å²) in [4.78, 5) is 5.90. The summed E-state index contributed by atoms with van der Waals surface area (Å²) in [6.07, 6.45) is 1.04. The Morgan fingerprint density at radius 1 is 1.00 bits per heavy atom. The van der Waals surface area contributed by atoms with Crippen molar-refractivity contribution in [3.05, 3.63) is 60.2 Å². The normalized spacial score (nSPS) is 22.2. The average Bonchev–Trinajstić information content (AvgIpc) is 3.00. The molecule has 120 valence electrons. The van der Waals surface area contributed by atoms with Crippen molar-refractivity contribution in [3.63, 3.8) is 0 Å². The van der Waals surface area contributed by atoms with E-state index < -0.39 is 0 Å². The fourth-order valence-corrected chi connectivity index (χ4v) is 4.28. The Kier molecular flexibility index (Phi) is 3.04. The zero-order valence-corrected chi connectivity index (χ0v) is 13.7. The van der Waals surface area contributed by atoms with E-state index in [0.717, 1.165) is 6.42 Å². The van der Waals surface area contributed by atoms with Gasteiger partial charge in [0, 0.05) is 13.6 Å². The van der Waals surface area contributed by atoms with Crippen LogP contribution >= 0.6 is 0 Å². The molecule has 1 saturated heterocycles. The third kappa shape index (κ3) is 1.89. The molecule has 0 radical (unpaired) electrons. The van der Waals surface area contributed by atoms with Crippen molar-refractivity contribution in [2.45, 2.75) is 18.6 Å². The van der Waals surface area contributed by atoms with Crippen LogP contribution < -0.4 is 5.73 Å². The lowest BCUT2D eigenvalue weighted by atomic mass is 9.88. The van der Waals surface area contributed by atoms with Gasteiger partial charge in [0.05, 0.1) is 12.1 Å². The fraction of sp³-hybridized carbons (Fsp3) is 0.238. The van der Waals surface area contributed by atoms with Gasteiger partial charge in [0.25, 0.3) is 0 Å². The van der Waals surface area contributed by atoms with Crippen LogP contribution in [0.3, 0.4) is 0 Å². The van der Waals surface area contributed by atoms with E-state index in [1.165, 1.54) is 37.9 Å². The lowest BCUT2D eigenvalue weighted by Crippen LogP contribution is -2.21. The Bertz CT molecular complexity index is 1040. The van der Waals surface area contributed by atoms with Gasteiger partial charge in [0.15, 0.2) is 0 Å². The number of nitrogens with two attached hydrogens (primary N) is 1. The predicted octanol–water partition coefficient (Wildman–Crippen LogP) is 4.22. The molecule has 0 aliphatic carbocycles. The predicted molar refractivity (Wildman–Crippen MR) is 99.2 cm³/mol. The molecule has 2 N–H and O–H groups in total. The molecule has 0 spiro atoms. The minimum absolute atomic E-state index is 0.105. The molecule has 0 saturated carbocycles. The second-order valence-electron chi connectivity index (χ2n) is 6.78. The monoisotopic (exact) mass is 316 g/mol. The van der Waals surface area contributed by atoms with Gasteiger partial charge in [-0.05, 0) is 50.4 Å². The van der Waals surface area contributed by atoms with Gasteiger partial charge in [-0.15, -0.1) is 0 Å². The molecule has 0 amide bonds. The van der Waals surface area contributed by atoms with Crippen molar-refractivity contribution >= 4 is 32.3 Å². The highest BCUT2D eigenvalue weighted by atomic mass is 16.7. The Morgan fingerprint density at radius 3 is 2.46 bits per heavy atom. The summed E-state index contributed by atoms with van der Waals surface area (Å²) in [5.74, 6) is 0. The molecule has 0 unspecified atom stereocenters. The average molecular weight is 316 g/mol. The molecule has 4 aromatic carbocycles. The SMILES string of the molecule is CN1O[C@H](CN)C[C@@H]1c1cc2cccc3ccc4cccc1c4c32. The van der Waals surface area contributed by atoms with E-state index in [2.05, 4.69) is 54.6 Å². The Morgan fingerprint density at radius 2 is 1.71 bits per heavy atom. The van der Waals surface area contributed by atoms with Crippen molar-refractivity contribution in [1.82, 2.24) is 5.06 Å². The summed E-state index contributed by atoms with van der Waals surface area (Å²) in [6.45, 7) is 0.560. The maximum atomic E-state index is 5.90. The van der Waals surface area contributed by atoms with E-state index in [9.17, 15) is 0 Å². The first-order valence-electron chi connectivity index (χ1n) is 8.52. The molecule has 1 fully saturated rings. The molecule has 3 heteroatoms. The minimum atomic E-state index is 0.105. The van der Waals surface area contributed by atoms with E-state index in [0.29, 0.717) is 6.54 Å². The number of rotatable bonds is 2. The highest BCUT2D eigenvalue weighted by Gasteiger charge is 2.32. The Labute approximate surface area is 140 Å². The first kappa shape index (κ1) is 14.2. The second kappa shape index (κ2) is 5.15. The van der Waals surface area contributed by atoms with Crippen molar-refractivity contribution < 1.29 is 4.84 Å². The quantitative estimate of drug-likeness (QED) is 0.563. The third-order valence-corrected chi connectivity index (χ3v) is 5.40. The topological polar surface area (TPSA) is 38.5 Å². The highest BCUT2D eigenvalue weighted by Crippen LogP contribution is 2.42. The molecule has 3 nitrogen and oxygen atoms in total. The maximum Gasteiger partial charge on any atom is 0.0934 e. The number of nitrogens with zero attached hydrogens (tertiary/aromatic N) is 1. The van der Waals surface area contributed by atoms with Crippen LogP contribution in [0, 0.1) is 0 Å². The van der Waals surface area contributed by atoms with Gasteiger partial charge in [-0.1, -0.05) is 48.5 Å². The first-order chi connectivity index (χ1) is 11.8. The summed E-state index contributed by atoms with van der Waals surface area (Å²) in [5, 5.41) is 9.95. The lowest BCUT2D eigenvalue weighted by molar-refractivity contribution is -0.140. The van der Waals surface area contributed by atoms with Crippen molar-refractivity contribution in [2.75, 3.05) is 13.6 Å². The summed E-state index contributed by atoms with van der Waals surface area (Å²) < 4.78 is 0. The van der Waals surface area contributed by atoms with Gasteiger partial charge < -0.3 is 5.73 Å². The zero-order valence-electron chi connectivity index (χ0n) is 13.7.